The Labute approximate surface area is 94.6 Å². The first kappa shape index (κ1) is 12.4. The van der Waals surface area contributed by atoms with E-state index < -0.39 is 4.92 Å². The highest BCUT2D eigenvalue weighted by Gasteiger charge is 2.05. The summed E-state index contributed by atoms with van der Waals surface area (Å²) in [5.74, 6) is 0. The summed E-state index contributed by atoms with van der Waals surface area (Å²) < 4.78 is 5.26. The molecule has 1 aromatic rings. The highest BCUT2D eigenvalue weighted by molar-refractivity contribution is 5.48. The van der Waals surface area contributed by atoms with Crippen molar-refractivity contribution in [2.45, 2.75) is 19.9 Å². The van der Waals surface area contributed by atoms with Gasteiger partial charge in [0.15, 0.2) is 0 Å². The molecule has 1 atom stereocenters. The van der Waals surface area contributed by atoms with Crippen LogP contribution in [0.15, 0.2) is 24.3 Å². The number of nitrogens with zero attached hydrogens (tertiary/aromatic N) is 1. The molecule has 1 rings (SSSR count). The lowest BCUT2D eigenvalue weighted by Gasteiger charge is -2.14. The van der Waals surface area contributed by atoms with E-state index in [1.54, 1.807) is 12.1 Å². The fourth-order valence-corrected chi connectivity index (χ4v) is 1.30. The molecule has 1 unspecified atom stereocenters. The second-order valence-corrected chi connectivity index (χ2v) is 3.51. The molecular formula is C11H16N2O3. The normalized spacial score (nSPS) is 12.1. The molecule has 0 fully saturated rings. The Bertz CT molecular complexity index is 338. The fourth-order valence-electron chi connectivity index (χ4n) is 1.30. The molecule has 0 radical (unpaired) electrons. The number of rotatable bonds is 6. The summed E-state index contributed by atoms with van der Waals surface area (Å²) in [5.41, 5.74) is 0.959. The highest BCUT2D eigenvalue weighted by Crippen LogP contribution is 2.15. The van der Waals surface area contributed by atoms with Gasteiger partial charge in [0.1, 0.15) is 0 Å². The summed E-state index contributed by atoms with van der Waals surface area (Å²) in [7, 11) is 0. The van der Waals surface area contributed by atoms with Crippen LogP contribution in [-0.4, -0.2) is 24.2 Å². The van der Waals surface area contributed by atoms with Gasteiger partial charge in [-0.3, -0.25) is 10.1 Å². The van der Waals surface area contributed by atoms with E-state index in [0.29, 0.717) is 13.2 Å². The average molecular weight is 224 g/mol. The van der Waals surface area contributed by atoms with Gasteiger partial charge in [-0.15, -0.1) is 0 Å². The molecule has 0 amide bonds. The van der Waals surface area contributed by atoms with E-state index in [4.69, 9.17) is 4.74 Å². The van der Waals surface area contributed by atoms with E-state index in [-0.39, 0.29) is 11.7 Å². The molecule has 0 spiro atoms. The molecular weight excluding hydrogens is 208 g/mol. The van der Waals surface area contributed by atoms with Crippen LogP contribution < -0.4 is 5.32 Å². The number of ether oxygens (including phenoxy) is 1. The van der Waals surface area contributed by atoms with Gasteiger partial charge < -0.3 is 10.1 Å². The van der Waals surface area contributed by atoms with E-state index in [2.05, 4.69) is 5.32 Å². The minimum Gasteiger partial charge on any atom is -0.380 e. The Morgan fingerprint density at radius 3 is 2.56 bits per heavy atom. The predicted octanol–water partition coefficient (Wildman–Crippen LogP) is 2.43. The molecule has 0 aromatic heterocycles. The Hall–Kier alpha value is -1.62. The standard InChI is InChI=1S/C11H16N2O3/c1-3-16-8-9(2)12-10-4-6-11(7-5-10)13(14)15/h4-7,9,12H,3,8H2,1-2H3. The van der Waals surface area contributed by atoms with Crippen molar-refractivity contribution < 1.29 is 9.66 Å². The summed E-state index contributed by atoms with van der Waals surface area (Å²) in [6.45, 7) is 5.25. The number of non-ortho nitro benzene ring substituents is 1. The third-order valence-corrected chi connectivity index (χ3v) is 2.06. The molecule has 5 heteroatoms. The van der Waals surface area contributed by atoms with Crippen molar-refractivity contribution >= 4 is 11.4 Å². The van der Waals surface area contributed by atoms with Crippen molar-refractivity contribution in [2.24, 2.45) is 0 Å². The third-order valence-electron chi connectivity index (χ3n) is 2.06. The summed E-state index contributed by atoms with van der Waals surface area (Å²) in [5, 5.41) is 13.6. The van der Waals surface area contributed by atoms with Gasteiger partial charge in [-0.05, 0) is 26.0 Å². The first-order valence-corrected chi connectivity index (χ1v) is 5.22. The van der Waals surface area contributed by atoms with Crippen LogP contribution in [0.25, 0.3) is 0 Å². The molecule has 1 aromatic carbocycles. The number of anilines is 1. The number of benzene rings is 1. The Kier molecular flexibility index (Phi) is 4.72. The van der Waals surface area contributed by atoms with E-state index >= 15 is 0 Å². The van der Waals surface area contributed by atoms with Crippen molar-refractivity contribution in [3.63, 3.8) is 0 Å². The molecule has 88 valence electrons. The number of nitrogens with one attached hydrogen (secondary N) is 1. The van der Waals surface area contributed by atoms with Gasteiger partial charge in [0, 0.05) is 30.5 Å². The molecule has 0 aliphatic rings. The van der Waals surface area contributed by atoms with Crippen LogP contribution >= 0.6 is 0 Å². The maximum absolute atomic E-state index is 10.4. The highest BCUT2D eigenvalue weighted by atomic mass is 16.6. The van der Waals surface area contributed by atoms with Gasteiger partial charge in [0.2, 0.25) is 0 Å². The molecule has 0 bridgehead atoms. The second kappa shape index (κ2) is 6.07. The van der Waals surface area contributed by atoms with Crippen molar-refractivity contribution in [1.29, 1.82) is 0 Å². The third kappa shape index (κ3) is 3.86. The summed E-state index contributed by atoms with van der Waals surface area (Å²) in [6.07, 6.45) is 0. The number of nitro benzene ring substituents is 1. The van der Waals surface area contributed by atoms with E-state index in [9.17, 15) is 10.1 Å². The first-order valence-electron chi connectivity index (χ1n) is 5.22. The minimum atomic E-state index is -0.409. The number of hydrogen-bond donors (Lipinski definition) is 1. The molecule has 0 heterocycles. The number of hydrogen-bond acceptors (Lipinski definition) is 4. The predicted molar refractivity (Wildman–Crippen MR) is 62.7 cm³/mol. The lowest BCUT2D eigenvalue weighted by molar-refractivity contribution is -0.384. The van der Waals surface area contributed by atoms with Gasteiger partial charge in [0.25, 0.3) is 5.69 Å². The summed E-state index contributed by atoms with van der Waals surface area (Å²) in [6, 6.07) is 6.54. The van der Waals surface area contributed by atoms with Crippen LogP contribution in [0.3, 0.4) is 0 Å². The summed E-state index contributed by atoms with van der Waals surface area (Å²) in [4.78, 5) is 10.0. The first-order chi connectivity index (χ1) is 7.63. The molecule has 0 aliphatic heterocycles. The maximum Gasteiger partial charge on any atom is 0.269 e. The van der Waals surface area contributed by atoms with Gasteiger partial charge in [0.05, 0.1) is 11.5 Å². The van der Waals surface area contributed by atoms with Gasteiger partial charge in [-0.1, -0.05) is 0 Å². The van der Waals surface area contributed by atoms with Crippen LogP contribution in [0.4, 0.5) is 11.4 Å². The lowest BCUT2D eigenvalue weighted by atomic mass is 10.2. The molecule has 16 heavy (non-hydrogen) atoms. The Morgan fingerprint density at radius 1 is 1.44 bits per heavy atom. The van der Waals surface area contributed by atoms with E-state index in [1.807, 2.05) is 13.8 Å². The van der Waals surface area contributed by atoms with E-state index in [0.717, 1.165) is 5.69 Å². The molecule has 0 saturated heterocycles. The van der Waals surface area contributed by atoms with Crippen molar-refractivity contribution in [2.75, 3.05) is 18.5 Å². The largest absolute Gasteiger partial charge is 0.380 e. The van der Waals surface area contributed by atoms with Gasteiger partial charge in [-0.2, -0.15) is 0 Å². The van der Waals surface area contributed by atoms with Crippen LogP contribution in [0.2, 0.25) is 0 Å². The van der Waals surface area contributed by atoms with Crippen LogP contribution in [0.1, 0.15) is 13.8 Å². The minimum absolute atomic E-state index is 0.100. The topological polar surface area (TPSA) is 64.4 Å². The van der Waals surface area contributed by atoms with Gasteiger partial charge >= 0.3 is 0 Å². The fraction of sp³-hybridized carbons (Fsp3) is 0.455. The smallest absolute Gasteiger partial charge is 0.269 e. The van der Waals surface area contributed by atoms with E-state index in [1.165, 1.54) is 12.1 Å². The number of nitro groups is 1. The quantitative estimate of drug-likeness (QED) is 0.595. The zero-order chi connectivity index (χ0) is 12.0. The zero-order valence-corrected chi connectivity index (χ0v) is 9.47. The Balaban J connectivity index is 2.51. The van der Waals surface area contributed by atoms with Crippen molar-refractivity contribution in [3.05, 3.63) is 34.4 Å². The van der Waals surface area contributed by atoms with Crippen LogP contribution in [-0.2, 0) is 4.74 Å². The average Bonchev–Trinajstić information content (AvgIpc) is 2.27. The maximum atomic E-state index is 10.4. The van der Waals surface area contributed by atoms with Crippen LogP contribution in [0.5, 0.6) is 0 Å². The zero-order valence-electron chi connectivity index (χ0n) is 9.47. The monoisotopic (exact) mass is 224 g/mol. The second-order valence-electron chi connectivity index (χ2n) is 3.51. The van der Waals surface area contributed by atoms with Crippen molar-refractivity contribution in [3.8, 4) is 0 Å². The van der Waals surface area contributed by atoms with Crippen molar-refractivity contribution in [1.82, 2.24) is 0 Å². The molecule has 1 N–H and O–H groups in total. The SMILES string of the molecule is CCOCC(C)Nc1ccc([N+](=O)[O-])cc1. The lowest BCUT2D eigenvalue weighted by Crippen LogP contribution is -2.21. The molecule has 0 aliphatic carbocycles. The van der Waals surface area contributed by atoms with Gasteiger partial charge in [-0.25, -0.2) is 0 Å². The Morgan fingerprint density at radius 2 is 2.06 bits per heavy atom. The molecule has 5 nitrogen and oxygen atoms in total. The summed E-state index contributed by atoms with van der Waals surface area (Å²) >= 11 is 0. The van der Waals surface area contributed by atoms with Crippen LogP contribution in [0, 0.1) is 10.1 Å². The molecule has 0 saturated carbocycles.